The minimum atomic E-state index is -4.34. The Kier molecular flexibility index (Phi) is 4.29. The zero-order valence-electron chi connectivity index (χ0n) is 10.8. The third-order valence-electron chi connectivity index (χ3n) is 2.83. The van der Waals surface area contributed by atoms with E-state index >= 15 is 0 Å². The Morgan fingerprint density at radius 3 is 2.68 bits per heavy atom. The standard InChI is InChI=1S/C13H17F3N2O/c1-2-10-5-9(7-17-11-3-4-11)6-12(18-10)19-8-13(14,15)16/h5-6,11,17H,2-4,7-8H2,1H3. The van der Waals surface area contributed by atoms with Gasteiger partial charge in [0, 0.05) is 24.3 Å². The molecular weight excluding hydrogens is 257 g/mol. The van der Waals surface area contributed by atoms with Crippen molar-refractivity contribution in [3.8, 4) is 5.88 Å². The van der Waals surface area contributed by atoms with Gasteiger partial charge in [0.25, 0.3) is 0 Å². The molecule has 1 aromatic rings. The van der Waals surface area contributed by atoms with Crippen LogP contribution in [0.4, 0.5) is 13.2 Å². The Labute approximate surface area is 110 Å². The summed E-state index contributed by atoms with van der Waals surface area (Å²) >= 11 is 0. The van der Waals surface area contributed by atoms with Crippen molar-refractivity contribution in [3.05, 3.63) is 23.4 Å². The number of halogens is 3. The Bertz CT molecular complexity index is 430. The lowest BCUT2D eigenvalue weighted by Gasteiger charge is -2.11. The van der Waals surface area contributed by atoms with E-state index in [0.717, 1.165) is 11.3 Å². The van der Waals surface area contributed by atoms with Gasteiger partial charge in [-0.3, -0.25) is 0 Å². The number of alkyl halides is 3. The number of aromatic nitrogens is 1. The number of aryl methyl sites for hydroxylation is 1. The number of ether oxygens (including phenoxy) is 1. The van der Waals surface area contributed by atoms with Gasteiger partial charge in [0.2, 0.25) is 5.88 Å². The summed E-state index contributed by atoms with van der Waals surface area (Å²) in [6.45, 7) is 1.25. The molecule has 1 aliphatic carbocycles. The van der Waals surface area contributed by atoms with Gasteiger partial charge in [-0.15, -0.1) is 0 Å². The predicted octanol–water partition coefficient (Wildman–Crippen LogP) is 2.84. The molecule has 1 aromatic heterocycles. The molecule has 0 radical (unpaired) electrons. The fourth-order valence-corrected chi connectivity index (χ4v) is 1.68. The third kappa shape index (κ3) is 5.06. The molecule has 3 nitrogen and oxygen atoms in total. The summed E-state index contributed by atoms with van der Waals surface area (Å²) in [7, 11) is 0. The molecule has 0 spiro atoms. The number of hydrogen-bond acceptors (Lipinski definition) is 3. The summed E-state index contributed by atoms with van der Waals surface area (Å²) in [5.41, 5.74) is 1.66. The van der Waals surface area contributed by atoms with Crippen LogP contribution in [0.5, 0.6) is 5.88 Å². The van der Waals surface area contributed by atoms with Crippen LogP contribution < -0.4 is 10.1 Å². The first kappa shape index (κ1) is 14.1. The zero-order valence-corrected chi connectivity index (χ0v) is 10.8. The van der Waals surface area contributed by atoms with E-state index in [2.05, 4.69) is 10.3 Å². The third-order valence-corrected chi connectivity index (χ3v) is 2.83. The molecule has 0 unspecified atom stereocenters. The van der Waals surface area contributed by atoms with E-state index < -0.39 is 12.8 Å². The lowest BCUT2D eigenvalue weighted by molar-refractivity contribution is -0.154. The Morgan fingerprint density at radius 2 is 2.11 bits per heavy atom. The van der Waals surface area contributed by atoms with Crippen molar-refractivity contribution >= 4 is 0 Å². The minimum Gasteiger partial charge on any atom is -0.468 e. The molecule has 0 atom stereocenters. The molecule has 19 heavy (non-hydrogen) atoms. The van der Waals surface area contributed by atoms with Crippen molar-refractivity contribution in [2.24, 2.45) is 0 Å². The van der Waals surface area contributed by atoms with Crippen molar-refractivity contribution in [1.29, 1.82) is 0 Å². The first-order valence-electron chi connectivity index (χ1n) is 6.39. The first-order chi connectivity index (χ1) is 8.96. The van der Waals surface area contributed by atoms with Crippen molar-refractivity contribution in [2.75, 3.05) is 6.61 Å². The van der Waals surface area contributed by atoms with Gasteiger partial charge >= 0.3 is 6.18 Å². The fraction of sp³-hybridized carbons (Fsp3) is 0.615. The van der Waals surface area contributed by atoms with Crippen molar-refractivity contribution in [2.45, 2.75) is 44.9 Å². The summed E-state index contributed by atoms with van der Waals surface area (Å²) in [5.74, 6) is 0.0456. The van der Waals surface area contributed by atoms with Crippen LogP contribution in [0.1, 0.15) is 31.0 Å². The molecule has 0 amide bonds. The molecule has 0 saturated heterocycles. The van der Waals surface area contributed by atoms with E-state index in [9.17, 15) is 13.2 Å². The van der Waals surface area contributed by atoms with E-state index in [1.807, 2.05) is 13.0 Å². The van der Waals surface area contributed by atoms with Gasteiger partial charge in [-0.05, 0) is 30.9 Å². The number of pyridine rings is 1. The molecule has 1 heterocycles. The molecule has 2 rings (SSSR count). The van der Waals surface area contributed by atoms with Gasteiger partial charge in [-0.2, -0.15) is 13.2 Å². The van der Waals surface area contributed by atoms with Gasteiger partial charge < -0.3 is 10.1 Å². The van der Waals surface area contributed by atoms with E-state index in [-0.39, 0.29) is 5.88 Å². The summed E-state index contributed by atoms with van der Waals surface area (Å²) in [6.07, 6.45) is -1.33. The highest BCUT2D eigenvalue weighted by Gasteiger charge is 2.28. The number of nitrogens with one attached hydrogen (secondary N) is 1. The molecule has 0 aromatic carbocycles. The lowest BCUT2D eigenvalue weighted by atomic mass is 10.2. The van der Waals surface area contributed by atoms with Crippen LogP contribution in [0.3, 0.4) is 0 Å². The van der Waals surface area contributed by atoms with Crippen molar-refractivity contribution in [3.63, 3.8) is 0 Å². The van der Waals surface area contributed by atoms with Gasteiger partial charge in [-0.1, -0.05) is 6.92 Å². The molecule has 1 aliphatic rings. The molecule has 1 saturated carbocycles. The number of hydrogen-bond donors (Lipinski definition) is 1. The number of nitrogens with zero attached hydrogens (tertiary/aromatic N) is 1. The Balaban J connectivity index is 2.01. The molecule has 1 fully saturated rings. The quantitative estimate of drug-likeness (QED) is 0.866. The highest BCUT2D eigenvalue weighted by Crippen LogP contribution is 2.21. The smallest absolute Gasteiger partial charge is 0.422 e. The average molecular weight is 274 g/mol. The van der Waals surface area contributed by atoms with Crippen LogP contribution in [0.25, 0.3) is 0 Å². The largest absolute Gasteiger partial charge is 0.468 e. The summed E-state index contributed by atoms with van der Waals surface area (Å²) in [4.78, 5) is 4.05. The fourth-order valence-electron chi connectivity index (χ4n) is 1.68. The van der Waals surface area contributed by atoms with Gasteiger partial charge in [0.05, 0.1) is 0 Å². The molecule has 0 bridgehead atoms. The van der Waals surface area contributed by atoms with Crippen LogP contribution in [-0.2, 0) is 13.0 Å². The first-order valence-corrected chi connectivity index (χ1v) is 6.39. The van der Waals surface area contributed by atoms with Gasteiger partial charge in [-0.25, -0.2) is 4.98 Å². The second-order valence-electron chi connectivity index (χ2n) is 4.72. The monoisotopic (exact) mass is 274 g/mol. The Morgan fingerprint density at radius 1 is 1.37 bits per heavy atom. The molecule has 106 valence electrons. The summed E-state index contributed by atoms with van der Waals surface area (Å²) < 4.78 is 41.1. The summed E-state index contributed by atoms with van der Waals surface area (Å²) in [6, 6.07) is 4.02. The van der Waals surface area contributed by atoms with E-state index in [1.165, 1.54) is 12.8 Å². The van der Waals surface area contributed by atoms with E-state index in [0.29, 0.717) is 19.0 Å². The van der Waals surface area contributed by atoms with Crippen LogP contribution in [0, 0.1) is 0 Å². The zero-order chi connectivity index (χ0) is 13.9. The van der Waals surface area contributed by atoms with Crippen molar-refractivity contribution in [1.82, 2.24) is 10.3 Å². The highest BCUT2D eigenvalue weighted by atomic mass is 19.4. The molecule has 6 heteroatoms. The topological polar surface area (TPSA) is 34.1 Å². The second-order valence-corrected chi connectivity index (χ2v) is 4.72. The van der Waals surface area contributed by atoms with Gasteiger partial charge in [0.15, 0.2) is 6.61 Å². The second kappa shape index (κ2) is 5.77. The van der Waals surface area contributed by atoms with Crippen LogP contribution in [0.15, 0.2) is 12.1 Å². The van der Waals surface area contributed by atoms with Crippen LogP contribution in [-0.4, -0.2) is 23.8 Å². The van der Waals surface area contributed by atoms with E-state index in [4.69, 9.17) is 4.74 Å². The maximum atomic E-state index is 12.1. The van der Waals surface area contributed by atoms with Crippen LogP contribution >= 0.6 is 0 Å². The maximum Gasteiger partial charge on any atom is 0.422 e. The SMILES string of the molecule is CCc1cc(CNC2CC2)cc(OCC(F)(F)F)n1. The van der Waals surface area contributed by atoms with Crippen molar-refractivity contribution < 1.29 is 17.9 Å². The molecular formula is C13H17F3N2O. The Hall–Kier alpha value is -1.30. The maximum absolute atomic E-state index is 12.1. The number of rotatable bonds is 6. The normalized spacial score (nSPS) is 15.6. The predicted molar refractivity (Wildman–Crippen MR) is 65.0 cm³/mol. The lowest BCUT2D eigenvalue weighted by Crippen LogP contribution is -2.20. The van der Waals surface area contributed by atoms with Crippen LogP contribution in [0.2, 0.25) is 0 Å². The van der Waals surface area contributed by atoms with Gasteiger partial charge in [0.1, 0.15) is 0 Å². The summed E-state index contributed by atoms with van der Waals surface area (Å²) in [5, 5.41) is 3.32. The molecule has 0 aliphatic heterocycles. The average Bonchev–Trinajstić information content (AvgIpc) is 3.17. The molecule has 1 N–H and O–H groups in total. The minimum absolute atomic E-state index is 0.0456. The highest BCUT2D eigenvalue weighted by molar-refractivity contribution is 5.25. The van der Waals surface area contributed by atoms with E-state index in [1.54, 1.807) is 6.07 Å².